The van der Waals surface area contributed by atoms with Gasteiger partial charge in [0, 0.05) is 11.4 Å². The SMILES string of the molecule is CC(C)=CC1C(C(=O)NCCc2ccc(Br)s2)C1(C)C. The number of nitrogens with one attached hydrogen (secondary N) is 1. The summed E-state index contributed by atoms with van der Waals surface area (Å²) in [6, 6.07) is 4.16. The van der Waals surface area contributed by atoms with Crippen LogP contribution < -0.4 is 5.32 Å². The van der Waals surface area contributed by atoms with E-state index >= 15 is 0 Å². The fourth-order valence-corrected chi connectivity index (χ4v) is 4.24. The normalized spacial score (nSPS) is 23.2. The molecule has 2 atom stereocenters. The molecule has 1 saturated carbocycles. The summed E-state index contributed by atoms with van der Waals surface area (Å²) in [6.07, 6.45) is 3.14. The number of carbonyl (C=O) groups is 1. The molecule has 1 N–H and O–H groups in total. The lowest BCUT2D eigenvalue weighted by Crippen LogP contribution is -2.28. The molecule has 1 aromatic heterocycles. The zero-order chi connectivity index (χ0) is 14.9. The molecular weight excluding hydrogens is 334 g/mol. The van der Waals surface area contributed by atoms with Crippen molar-refractivity contribution >= 4 is 33.2 Å². The standard InChI is InChI=1S/C16H22BrNOS/c1-10(2)9-12-14(16(12,3)4)15(19)18-8-7-11-5-6-13(17)20-11/h5-6,9,12,14H,7-8H2,1-4H3,(H,18,19). The van der Waals surface area contributed by atoms with Crippen LogP contribution >= 0.6 is 27.3 Å². The number of amides is 1. The van der Waals surface area contributed by atoms with E-state index in [1.165, 1.54) is 10.5 Å². The molecule has 0 radical (unpaired) electrons. The molecule has 0 bridgehead atoms. The molecule has 20 heavy (non-hydrogen) atoms. The number of halogens is 1. The van der Waals surface area contributed by atoms with Crippen molar-refractivity contribution in [1.29, 1.82) is 0 Å². The Balaban J connectivity index is 1.82. The van der Waals surface area contributed by atoms with Crippen LogP contribution in [0.3, 0.4) is 0 Å². The van der Waals surface area contributed by atoms with E-state index in [9.17, 15) is 4.79 Å². The molecule has 0 spiro atoms. The van der Waals surface area contributed by atoms with Gasteiger partial charge < -0.3 is 5.32 Å². The molecule has 4 heteroatoms. The number of allylic oxidation sites excluding steroid dienone is 2. The van der Waals surface area contributed by atoms with Gasteiger partial charge in [0.05, 0.1) is 9.70 Å². The summed E-state index contributed by atoms with van der Waals surface area (Å²) in [5, 5.41) is 3.08. The van der Waals surface area contributed by atoms with Crippen LogP contribution in [0.2, 0.25) is 0 Å². The van der Waals surface area contributed by atoms with E-state index in [1.807, 2.05) is 0 Å². The van der Waals surface area contributed by atoms with Crippen LogP contribution in [0.5, 0.6) is 0 Å². The summed E-state index contributed by atoms with van der Waals surface area (Å²) < 4.78 is 1.14. The molecule has 2 rings (SSSR count). The molecular formula is C16H22BrNOS. The third-order valence-corrected chi connectivity index (χ3v) is 5.69. The largest absolute Gasteiger partial charge is 0.355 e. The number of thiophene rings is 1. The van der Waals surface area contributed by atoms with Gasteiger partial charge >= 0.3 is 0 Å². The van der Waals surface area contributed by atoms with Crippen molar-refractivity contribution in [2.75, 3.05) is 6.54 Å². The van der Waals surface area contributed by atoms with E-state index in [2.05, 4.69) is 67.2 Å². The molecule has 2 nitrogen and oxygen atoms in total. The molecule has 1 aliphatic rings. The molecule has 0 saturated heterocycles. The van der Waals surface area contributed by atoms with Gasteiger partial charge in [-0.3, -0.25) is 4.79 Å². The van der Waals surface area contributed by atoms with Gasteiger partial charge in [-0.25, -0.2) is 0 Å². The molecule has 1 amide bonds. The van der Waals surface area contributed by atoms with E-state index in [4.69, 9.17) is 0 Å². The predicted octanol–water partition coefficient (Wildman–Crippen LogP) is 4.41. The van der Waals surface area contributed by atoms with Gasteiger partial charge in [0.2, 0.25) is 5.91 Å². The Bertz CT molecular complexity index is 528. The Morgan fingerprint density at radius 1 is 1.45 bits per heavy atom. The van der Waals surface area contributed by atoms with E-state index in [-0.39, 0.29) is 17.2 Å². The van der Waals surface area contributed by atoms with E-state index in [0.717, 1.165) is 16.8 Å². The minimum Gasteiger partial charge on any atom is -0.355 e. The second-order valence-corrected chi connectivity index (χ2v) is 8.86. The van der Waals surface area contributed by atoms with Crippen molar-refractivity contribution in [2.24, 2.45) is 17.3 Å². The molecule has 0 aromatic carbocycles. The molecule has 1 heterocycles. The molecule has 2 unspecified atom stereocenters. The van der Waals surface area contributed by atoms with Gasteiger partial charge in [-0.2, -0.15) is 0 Å². The summed E-state index contributed by atoms with van der Waals surface area (Å²) in [5.41, 5.74) is 1.40. The van der Waals surface area contributed by atoms with E-state index in [0.29, 0.717) is 5.92 Å². The number of carbonyl (C=O) groups excluding carboxylic acids is 1. The highest BCUT2D eigenvalue weighted by Crippen LogP contribution is 2.59. The molecule has 0 aliphatic heterocycles. The highest BCUT2D eigenvalue weighted by Gasteiger charge is 2.60. The van der Waals surface area contributed by atoms with Gasteiger partial charge in [-0.05, 0) is 59.7 Å². The van der Waals surface area contributed by atoms with E-state index < -0.39 is 0 Å². The van der Waals surface area contributed by atoms with Crippen molar-refractivity contribution in [3.8, 4) is 0 Å². The Labute approximate surface area is 133 Å². The van der Waals surface area contributed by atoms with Crippen LogP contribution in [-0.2, 0) is 11.2 Å². The average Bonchev–Trinajstić information content (AvgIpc) is 2.68. The molecule has 1 fully saturated rings. The van der Waals surface area contributed by atoms with E-state index in [1.54, 1.807) is 11.3 Å². The fourth-order valence-electron chi connectivity index (χ4n) is 2.75. The maximum atomic E-state index is 12.3. The third kappa shape index (κ3) is 3.53. The van der Waals surface area contributed by atoms with Crippen molar-refractivity contribution in [3.63, 3.8) is 0 Å². The van der Waals surface area contributed by atoms with Gasteiger partial charge in [0.15, 0.2) is 0 Å². The number of hydrogen-bond donors (Lipinski definition) is 1. The fraction of sp³-hybridized carbons (Fsp3) is 0.562. The summed E-state index contributed by atoms with van der Waals surface area (Å²) in [4.78, 5) is 13.6. The summed E-state index contributed by atoms with van der Waals surface area (Å²) in [6.45, 7) is 9.27. The lowest BCUT2D eigenvalue weighted by Gasteiger charge is -2.05. The first-order valence-corrected chi connectivity index (χ1v) is 8.60. The summed E-state index contributed by atoms with van der Waals surface area (Å²) >= 11 is 5.18. The second kappa shape index (κ2) is 6.02. The zero-order valence-corrected chi connectivity index (χ0v) is 14.9. The Hall–Kier alpha value is -0.610. The first kappa shape index (κ1) is 15.8. The van der Waals surface area contributed by atoms with Gasteiger partial charge in [0.1, 0.15) is 0 Å². The maximum absolute atomic E-state index is 12.3. The number of rotatable bonds is 5. The highest BCUT2D eigenvalue weighted by atomic mass is 79.9. The van der Waals surface area contributed by atoms with Crippen LogP contribution in [0.25, 0.3) is 0 Å². The van der Waals surface area contributed by atoms with Crippen LogP contribution in [0.15, 0.2) is 27.6 Å². The number of hydrogen-bond acceptors (Lipinski definition) is 2. The first-order valence-electron chi connectivity index (χ1n) is 6.99. The molecule has 1 aromatic rings. The lowest BCUT2D eigenvalue weighted by atomic mass is 10.1. The Kier molecular flexibility index (Phi) is 4.75. The summed E-state index contributed by atoms with van der Waals surface area (Å²) in [7, 11) is 0. The van der Waals surface area contributed by atoms with Gasteiger partial charge in [-0.1, -0.05) is 25.5 Å². The molecule has 1 aliphatic carbocycles. The minimum atomic E-state index is 0.104. The third-order valence-electron chi connectivity index (χ3n) is 4.01. The average molecular weight is 356 g/mol. The van der Waals surface area contributed by atoms with Crippen LogP contribution in [0.1, 0.15) is 32.6 Å². The Morgan fingerprint density at radius 3 is 2.70 bits per heavy atom. The minimum absolute atomic E-state index is 0.104. The maximum Gasteiger partial charge on any atom is 0.224 e. The van der Waals surface area contributed by atoms with Crippen molar-refractivity contribution < 1.29 is 4.79 Å². The quantitative estimate of drug-likeness (QED) is 0.778. The van der Waals surface area contributed by atoms with Gasteiger partial charge in [-0.15, -0.1) is 11.3 Å². The second-order valence-electron chi connectivity index (χ2n) is 6.32. The predicted molar refractivity (Wildman–Crippen MR) is 88.9 cm³/mol. The monoisotopic (exact) mass is 355 g/mol. The van der Waals surface area contributed by atoms with Gasteiger partial charge in [0.25, 0.3) is 0 Å². The topological polar surface area (TPSA) is 29.1 Å². The van der Waals surface area contributed by atoms with Crippen LogP contribution in [0.4, 0.5) is 0 Å². The smallest absolute Gasteiger partial charge is 0.224 e. The van der Waals surface area contributed by atoms with Crippen molar-refractivity contribution in [1.82, 2.24) is 5.32 Å². The van der Waals surface area contributed by atoms with Crippen LogP contribution in [0, 0.1) is 17.3 Å². The van der Waals surface area contributed by atoms with Crippen molar-refractivity contribution in [2.45, 2.75) is 34.1 Å². The van der Waals surface area contributed by atoms with Crippen molar-refractivity contribution in [3.05, 3.63) is 32.4 Å². The lowest BCUT2D eigenvalue weighted by molar-refractivity contribution is -0.123. The Morgan fingerprint density at radius 2 is 2.15 bits per heavy atom. The molecule has 110 valence electrons. The highest BCUT2D eigenvalue weighted by molar-refractivity contribution is 9.11. The van der Waals surface area contributed by atoms with Crippen LogP contribution in [-0.4, -0.2) is 12.5 Å². The first-order chi connectivity index (χ1) is 9.32. The summed E-state index contributed by atoms with van der Waals surface area (Å²) in [5.74, 6) is 0.726. The zero-order valence-electron chi connectivity index (χ0n) is 12.5.